The SMILES string of the molecule is Cc1ccc2cc(C(=O)O)ccc2n1.Cc1ccc2cc(CO)ccc2n1. The molecule has 4 aromatic rings. The van der Waals surface area contributed by atoms with Crippen LogP contribution in [0.2, 0.25) is 0 Å². The summed E-state index contributed by atoms with van der Waals surface area (Å²) >= 11 is 0. The maximum atomic E-state index is 10.7. The van der Waals surface area contributed by atoms with E-state index in [-0.39, 0.29) is 6.61 Å². The van der Waals surface area contributed by atoms with Crippen molar-refractivity contribution in [2.75, 3.05) is 0 Å². The van der Waals surface area contributed by atoms with E-state index in [1.54, 1.807) is 18.2 Å². The predicted molar refractivity (Wildman–Crippen MR) is 106 cm³/mol. The van der Waals surface area contributed by atoms with Crippen LogP contribution < -0.4 is 0 Å². The third-order valence-corrected chi connectivity index (χ3v) is 4.15. The molecule has 0 bridgehead atoms. The van der Waals surface area contributed by atoms with E-state index in [0.29, 0.717) is 5.56 Å². The summed E-state index contributed by atoms with van der Waals surface area (Å²) in [5, 5.41) is 19.6. The normalized spacial score (nSPS) is 10.5. The smallest absolute Gasteiger partial charge is 0.335 e. The number of aromatic carboxylic acids is 1. The van der Waals surface area contributed by atoms with Gasteiger partial charge in [0.2, 0.25) is 0 Å². The summed E-state index contributed by atoms with van der Waals surface area (Å²) in [5.41, 5.74) is 4.98. The van der Waals surface area contributed by atoms with Gasteiger partial charge in [0.25, 0.3) is 0 Å². The van der Waals surface area contributed by atoms with Gasteiger partial charge in [-0.15, -0.1) is 0 Å². The number of aliphatic hydroxyl groups is 1. The number of pyridine rings is 2. The first-order valence-electron chi connectivity index (χ1n) is 8.54. The molecule has 2 N–H and O–H groups in total. The second-order valence-corrected chi connectivity index (χ2v) is 6.30. The van der Waals surface area contributed by atoms with Crippen molar-refractivity contribution >= 4 is 27.8 Å². The van der Waals surface area contributed by atoms with Crippen molar-refractivity contribution in [1.82, 2.24) is 9.97 Å². The highest BCUT2D eigenvalue weighted by Gasteiger charge is 2.03. The molecule has 2 heterocycles. The molecular weight excluding hydrogens is 340 g/mol. The lowest BCUT2D eigenvalue weighted by Crippen LogP contribution is -1.95. The molecule has 0 amide bonds. The molecule has 0 radical (unpaired) electrons. The van der Waals surface area contributed by atoms with Crippen molar-refractivity contribution in [2.24, 2.45) is 0 Å². The summed E-state index contributed by atoms with van der Waals surface area (Å²) in [7, 11) is 0. The number of hydrogen-bond donors (Lipinski definition) is 2. The Balaban J connectivity index is 0.000000156. The quantitative estimate of drug-likeness (QED) is 0.557. The molecule has 5 nitrogen and oxygen atoms in total. The molecular formula is C22H20N2O3. The largest absolute Gasteiger partial charge is 0.478 e. The van der Waals surface area contributed by atoms with Gasteiger partial charge in [0, 0.05) is 22.2 Å². The van der Waals surface area contributed by atoms with Crippen LogP contribution in [0.5, 0.6) is 0 Å². The molecule has 5 heteroatoms. The van der Waals surface area contributed by atoms with Crippen LogP contribution in [0.4, 0.5) is 0 Å². The molecule has 0 spiro atoms. The van der Waals surface area contributed by atoms with Gasteiger partial charge in [0.1, 0.15) is 0 Å². The molecule has 0 aliphatic rings. The first-order chi connectivity index (χ1) is 13.0. The second kappa shape index (κ2) is 7.93. The molecule has 0 atom stereocenters. The summed E-state index contributed by atoms with van der Waals surface area (Å²) < 4.78 is 0. The lowest BCUT2D eigenvalue weighted by atomic mass is 10.1. The number of aromatic nitrogens is 2. The standard InChI is InChI=1S/C11H9NO2.C11H11NO/c1-7-2-3-8-6-9(11(13)14)4-5-10(8)12-7;1-8-2-4-10-6-9(7-13)3-5-11(10)12-8/h2-6H,1H3,(H,13,14);2-6,13H,7H2,1H3. The van der Waals surface area contributed by atoms with E-state index >= 15 is 0 Å². The summed E-state index contributed by atoms with van der Waals surface area (Å²) in [4.78, 5) is 19.3. The van der Waals surface area contributed by atoms with E-state index in [0.717, 1.165) is 38.8 Å². The summed E-state index contributed by atoms with van der Waals surface area (Å²) in [6.45, 7) is 3.97. The minimum atomic E-state index is -0.910. The summed E-state index contributed by atoms with van der Waals surface area (Å²) in [5.74, 6) is -0.910. The van der Waals surface area contributed by atoms with E-state index < -0.39 is 5.97 Å². The zero-order valence-corrected chi connectivity index (χ0v) is 15.2. The van der Waals surface area contributed by atoms with Crippen molar-refractivity contribution in [3.05, 3.63) is 83.2 Å². The van der Waals surface area contributed by atoms with E-state index in [9.17, 15) is 4.79 Å². The van der Waals surface area contributed by atoms with Crippen LogP contribution in [0.25, 0.3) is 21.8 Å². The van der Waals surface area contributed by atoms with E-state index in [2.05, 4.69) is 9.97 Å². The van der Waals surface area contributed by atoms with E-state index in [1.807, 2.05) is 56.3 Å². The topological polar surface area (TPSA) is 83.3 Å². The molecule has 0 saturated heterocycles. The van der Waals surface area contributed by atoms with Crippen LogP contribution in [-0.4, -0.2) is 26.2 Å². The molecule has 136 valence electrons. The molecule has 0 aliphatic carbocycles. The van der Waals surface area contributed by atoms with Gasteiger partial charge in [0.15, 0.2) is 0 Å². The molecule has 27 heavy (non-hydrogen) atoms. The van der Waals surface area contributed by atoms with Crippen LogP contribution in [0.1, 0.15) is 27.3 Å². The highest BCUT2D eigenvalue weighted by atomic mass is 16.4. The molecule has 0 unspecified atom stereocenters. The fourth-order valence-corrected chi connectivity index (χ4v) is 2.74. The first kappa shape index (κ1) is 18.5. The Kier molecular flexibility index (Phi) is 5.43. The van der Waals surface area contributed by atoms with Crippen molar-refractivity contribution in [1.29, 1.82) is 0 Å². The van der Waals surface area contributed by atoms with Gasteiger partial charge in [-0.2, -0.15) is 0 Å². The molecule has 0 aliphatic heterocycles. The van der Waals surface area contributed by atoms with Gasteiger partial charge >= 0.3 is 5.97 Å². The zero-order chi connectivity index (χ0) is 19.4. The number of carboxylic acids is 1. The van der Waals surface area contributed by atoms with E-state index in [1.165, 1.54) is 0 Å². The Morgan fingerprint density at radius 1 is 0.815 bits per heavy atom. The van der Waals surface area contributed by atoms with Gasteiger partial charge in [-0.3, -0.25) is 9.97 Å². The van der Waals surface area contributed by atoms with Crippen molar-refractivity contribution in [3.63, 3.8) is 0 Å². The van der Waals surface area contributed by atoms with Gasteiger partial charge < -0.3 is 10.2 Å². The van der Waals surface area contributed by atoms with Crippen molar-refractivity contribution in [2.45, 2.75) is 20.5 Å². The number of carbonyl (C=O) groups is 1. The van der Waals surface area contributed by atoms with Gasteiger partial charge in [-0.25, -0.2) is 4.79 Å². The van der Waals surface area contributed by atoms with E-state index in [4.69, 9.17) is 10.2 Å². The maximum Gasteiger partial charge on any atom is 0.335 e. The molecule has 0 saturated carbocycles. The number of benzene rings is 2. The fraction of sp³-hybridized carbons (Fsp3) is 0.136. The van der Waals surface area contributed by atoms with Gasteiger partial charge in [0.05, 0.1) is 23.2 Å². The summed E-state index contributed by atoms with van der Waals surface area (Å²) in [6.07, 6.45) is 0. The van der Waals surface area contributed by atoms with Crippen LogP contribution in [0.3, 0.4) is 0 Å². The van der Waals surface area contributed by atoms with Crippen LogP contribution >= 0.6 is 0 Å². The third kappa shape index (κ3) is 4.46. The van der Waals surface area contributed by atoms with Crippen molar-refractivity contribution in [3.8, 4) is 0 Å². The first-order valence-corrected chi connectivity index (χ1v) is 8.54. The molecule has 2 aromatic carbocycles. The number of aliphatic hydroxyl groups excluding tert-OH is 1. The van der Waals surface area contributed by atoms with Crippen LogP contribution in [0.15, 0.2) is 60.7 Å². The number of fused-ring (bicyclic) bond motifs is 2. The second-order valence-electron chi connectivity index (χ2n) is 6.30. The lowest BCUT2D eigenvalue weighted by Gasteiger charge is -2.00. The highest BCUT2D eigenvalue weighted by Crippen LogP contribution is 2.15. The monoisotopic (exact) mass is 360 g/mol. The Labute approximate surface area is 157 Å². The minimum absolute atomic E-state index is 0.0871. The van der Waals surface area contributed by atoms with Crippen LogP contribution in [0, 0.1) is 13.8 Å². The zero-order valence-electron chi connectivity index (χ0n) is 15.2. The average Bonchev–Trinajstić information content (AvgIpc) is 2.67. The average molecular weight is 360 g/mol. The van der Waals surface area contributed by atoms with Gasteiger partial charge in [-0.05, 0) is 61.9 Å². The number of carboxylic acid groups (broad SMARTS) is 1. The van der Waals surface area contributed by atoms with Gasteiger partial charge in [-0.1, -0.05) is 18.2 Å². The maximum absolute atomic E-state index is 10.7. The minimum Gasteiger partial charge on any atom is -0.478 e. The Morgan fingerprint density at radius 3 is 1.93 bits per heavy atom. The number of aryl methyl sites for hydroxylation is 2. The Morgan fingerprint density at radius 2 is 1.37 bits per heavy atom. The van der Waals surface area contributed by atoms with Crippen molar-refractivity contribution < 1.29 is 15.0 Å². The Hall–Kier alpha value is -3.31. The number of hydrogen-bond acceptors (Lipinski definition) is 4. The Bertz CT molecular complexity index is 1120. The molecule has 4 rings (SSSR count). The highest BCUT2D eigenvalue weighted by molar-refractivity contribution is 5.93. The number of rotatable bonds is 2. The third-order valence-electron chi connectivity index (χ3n) is 4.15. The number of nitrogens with zero attached hydrogens (tertiary/aromatic N) is 2. The fourth-order valence-electron chi connectivity index (χ4n) is 2.74. The predicted octanol–water partition coefficient (Wildman–Crippen LogP) is 4.28. The molecule has 0 fully saturated rings. The molecule has 2 aromatic heterocycles. The lowest BCUT2D eigenvalue weighted by molar-refractivity contribution is 0.0697. The van der Waals surface area contributed by atoms with Crippen LogP contribution in [-0.2, 0) is 6.61 Å². The summed E-state index contributed by atoms with van der Waals surface area (Å²) in [6, 6.07) is 18.5.